The van der Waals surface area contributed by atoms with E-state index in [2.05, 4.69) is 30.9 Å². The van der Waals surface area contributed by atoms with E-state index in [4.69, 9.17) is 33.7 Å². The zero-order chi connectivity index (χ0) is 45.2. The first kappa shape index (κ1) is 46.0. The normalized spacial score (nSPS) is 25.1. The van der Waals surface area contributed by atoms with Crippen LogP contribution in [0.25, 0.3) is 10.8 Å². The molecule has 1 saturated carbocycles. The summed E-state index contributed by atoms with van der Waals surface area (Å²) in [6.45, 7) is 7.09. The summed E-state index contributed by atoms with van der Waals surface area (Å²) in [5.41, 5.74) is 3.94. The number of nitrogens with zero attached hydrogens (tertiary/aromatic N) is 2. The van der Waals surface area contributed by atoms with Crippen molar-refractivity contribution in [3.63, 3.8) is 0 Å². The highest BCUT2D eigenvalue weighted by Crippen LogP contribution is 2.62. The van der Waals surface area contributed by atoms with Crippen LogP contribution in [0.1, 0.15) is 98.5 Å². The zero-order valence-electron chi connectivity index (χ0n) is 37.4. The highest BCUT2D eigenvalue weighted by atomic mass is 16.8. The molecule has 12 heteroatoms. The fourth-order valence-corrected chi connectivity index (χ4v) is 10.5. The molecule has 2 fully saturated rings. The maximum absolute atomic E-state index is 14.8. The monoisotopic (exact) mass is 886 g/mol. The van der Waals surface area contributed by atoms with Crippen LogP contribution >= 0.6 is 0 Å². The molecule has 1 saturated heterocycles. The van der Waals surface area contributed by atoms with E-state index in [0.717, 1.165) is 72.3 Å². The number of hydrogen-bond donors (Lipinski definition) is 2. The fraction of sp³-hybridized carbons (Fsp3) is 0.453. The highest BCUT2D eigenvalue weighted by Gasteiger charge is 2.66. The summed E-state index contributed by atoms with van der Waals surface area (Å²) >= 11 is 0. The lowest BCUT2D eigenvalue weighted by Crippen LogP contribution is -2.70. The average molecular weight is 887 g/mol. The second-order valence-electron chi connectivity index (χ2n) is 17.4. The molecule has 0 aromatic heterocycles. The molecule has 7 atom stereocenters. The molecule has 0 spiro atoms. The van der Waals surface area contributed by atoms with E-state index >= 15 is 0 Å². The minimum atomic E-state index is -1.48. The van der Waals surface area contributed by atoms with Gasteiger partial charge >= 0.3 is 6.09 Å². The van der Waals surface area contributed by atoms with E-state index in [1.807, 2.05) is 48.5 Å². The number of carbonyl (C=O) groups excluding carboxylic acids is 2. The first-order valence-electron chi connectivity index (χ1n) is 23.4. The Labute approximate surface area is 381 Å². The summed E-state index contributed by atoms with van der Waals surface area (Å²) in [5.74, 6) is -0.555. The molecule has 65 heavy (non-hydrogen) atoms. The minimum absolute atomic E-state index is 0.00805. The second-order valence-corrected chi connectivity index (χ2v) is 17.4. The molecule has 2 N–H and O–H groups in total. The summed E-state index contributed by atoms with van der Waals surface area (Å²) in [7, 11) is 0. The number of carbonyl (C=O) groups is 2. The van der Waals surface area contributed by atoms with E-state index in [9.17, 15) is 19.8 Å². The van der Waals surface area contributed by atoms with Crippen molar-refractivity contribution in [1.82, 2.24) is 4.90 Å². The van der Waals surface area contributed by atoms with Crippen LogP contribution in [0.2, 0.25) is 0 Å². The van der Waals surface area contributed by atoms with Crippen molar-refractivity contribution in [3.05, 3.63) is 126 Å². The van der Waals surface area contributed by atoms with E-state index < -0.39 is 30.1 Å². The molecule has 2 aliphatic heterocycles. The van der Waals surface area contributed by atoms with E-state index in [0.29, 0.717) is 54.4 Å². The highest BCUT2D eigenvalue weighted by molar-refractivity contribution is 6.03. The Kier molecular flexibility index (Phi) is 15.3. The largest absolute Gasteiger partial charge is 0.459 e. The SMILES string of the molecule is C=CCO[C@@]12Oc3ccc(Oc4cccc(C=O)c4)cc3[C@H]3[C@H](CCCCO)[C@@H](CCCCO)C=C(C(=NOC4CCCCO4)C[C@@H]1N(Cc1cccc4ccccc14)C(=O)OCC)[C@H]32. The number of hydrogen-bond acceptors (Lipinski definition) is 11. The summed E-state index contributed by atoms with van der Waals surface area (Å²) in [6.07, 6.45) is 11.1. The molecule has 8 rings (SSSR count). The van der Waals surface area contributed by atoms with E-state index in [1.165, 1.54) is 0 Å². The Morgan fingerprint density at radius 2 is 1.75 bits per heavy atom. The number of aliphatic hydroxyl groups excluding tert-OH is 2. The molecule has 1 amide bonds. The van der Waals surface area contributed by atoms with Gasteiger partial charge in [0.15, 0.2) is 0 Å². The van der Waals surface area contributed by atoms with Gasteiger partial charge in [0, 0.05) is 43.1 Å². The summed E-state index contributed by atoms with van der Waals surface area (Å²) in [5, 5.41) is 27.1. The summed E-state index contributed by atoms with van der Waals surface area (Å²) in [4.78, 5) is 34.6. The number of fused-ring (bicyclic) bond motifs is 3. The topological polar surface area (TPSA) is 146 Å². The van der Waals surface area contributed by atoms with Crippen LogP contribution in [0.3, 0.4) is 0 Å². The van der Waals surface area contributed by atoms with Crippen LogP contribution in [0.5, 0.6) is 17.2 Å². The third kappa shape index (κ3) is 10.0. The minimum Gasteiger partial charge on any atom is -0.459 e. The molecule has 12 nitrogen and oxygen atoms in total. The molecule has 2 heterocycles. The maximum Gasteiger partial charge on any atom is 0.410 e. The molecule has 1 unspecified atom stereocenters. The van der Waals surface area contributed by atoms with Gasteiger partial charge in [0.05, 0.1) is 38.0 Å². The molecule has 4 aliphatic rings. The van der Waals surface area contributed by atoms with Gasteiger partial charge in [0.25, 0.3) is 0 Å². The summed E-state index contributed by atoms with van der Waals surface area (Å²) in [6, 6.07) is 26.3. The van der Waals surface area contributed by atoms with Crippen molar-refractivity contribution in [2.75, 3.05) is 33.0 Å². The van der Waals surface area contributed by atoms with Crippen LogP contribution in [-0.2, 0) is 25.6 Å². The number of oxime groups is 1. The Morgan fingerprint density at radius 1 is 0.954 bits per heavy atom. The predicted molar refractivity (Wildman–Crippen MR) is 248 cm³/mol. The number of allylic oxidation sites excluding steroid dienone is 1. The van der Waals surface area contributed by atoms with Crippen LogP contribution in [0.15, 0.2) is 114 Å². The summed E-state index contributed by atoms with van der Waals surface area (Å²) < 4.78 is 33.1. The van der Waals surface area contributed by atoms with Crippen LogP contribution in [0.4, 0.5) is 4.79 Å². The molecule has 2 aliphatic carbocycles. The third-order valence-corrected chi connectivity index (χ3v) is 13.4. The van der Waals surface area contributed by atoms with Crippen molar-refractivity contribution >= 4 is 28.9 Å². The van der Waals surface area contributed by atoms with Gasteiger partial charge in [-0.05, 0) is 110 Å². The van der Waals surface area contributed by atoms with E-state index in [-0.39, 0.29) is 57.1 Å². The molecular weight excluding hydrogens is 825 g/mol. The number of aliphatic hydroxyl groups is 2. The lowest BCUT2D eigenvalue weighted by molar-refractivity contribution is -0.256. The standard InChI is InChI=1S/C53H62N2O10/c1-3-28-62-53-48(55(52(59)60-4-2)34-39-19-14-18-37-16-5-6-21-42(37)39)33-46(54-65-49-23-9-12-29-61-49)44-31-38(17-7-10-26-56)43(22-8-11-27-57)50(51(44)53)45-32-41(24-25-47(45)64-53)63-40-20-13-15-36(30-40)35-58/h3,5-6,13-16,18-21,24-25,30-32,35,38,43,48-51,56-57H,1,4,7-12,17,22-23,26-29,33-34H2,2H3/t38-,43+,48-,49?,50+,51+,53+/m0/s1. The number of ether oxygens (including phenoxy) is 5. The molecule has 4 aromatic rings. The number of aldehydes is 1. The van der Waals surface area contributed by atoms with Crippen molar-refractivity contribution in [1.29, 1.82) is 0 Å². The van der Waals surface area contributed by atoms with Crippen molar-refractivity contribution in [3.8, 4) is 17.2 Å². The average Bonchev–Trinajstić information content (AvgIpc) is 3.33. The van der Waals surface area contributed by atoms with Gasteiger partial charge in [-0.2, -0.15) is 0 Å². The lowest BCUT2D eigenvalue weighted by atomic mass is 9.55. The number of unbranched alkanes of at least 4 members (excludes halogenated alkanes) is 2. The van der Waals surface area contributed by atoms with Gasteiger partial charge in [0.2, 0.25) is 12.1 Å². The van der Waals surface area contributed by atoms with Gasteiger partial charge in [-0.3, -0.25) is 9.69 Å². The van der Waals surface area contributed by atoms with Gasteiger partial charge in [-0.1, -0.05) is 84.7 Å². The Bertz CT molecular complexity index is 2330. The molecule has 4 aromatic carbocycles. The van der Waals surface area contributed by atoms with Gasteiger partial charge in [0.1, 0.15) is 29.6 Å². The van der Waals surface area contributed by atoms with Crippen molar-refractivity contribution < 1.29 is 48.3 Å². The van der Waals surface area contributed by atoms with Gasteiger partial charge < -0.3 is 38.7 Å². The number of amides is 1. The van der Waals surface area contributed by atoms with Gasteiger partial charge in [-0.25, -0.2) is 4.79 Å². The zero-order valence-corrected chi connectivity index (χ0v) is 37.4. The van der Waals surface area contributed by atoms with E-state index in [1.54, 1.807) is 36.1 Å². The number of rotatable bonds is 20. The first-order chi connectivity index (χ1) is 31.9. The van der Waals surface area contributed by atoms with Crippen molar-refractivity contribution in [2.24, 2.45) is 22.9 Å². The third-order valence-electron chi connectivity index (χ3n) is 13.4. The Balaban J connectivity index is 1.35. The van der Waals surface area contributed by atoms with Crippen LogP contribution in [-0.4, -0.2) is 84.4 Å². The number of benzene rings is 4. The molecule has 0 bridgehead atoms. The molecule has 344 valence electrons. The fourth-order valence-electron chi connectivity index (χ4n) is 10.5. The Hall–Kier alpha value is -5.53. The second kappa shape index (κ2) is 21.6. The van der Waals surface area contributed by atoms with Crippen molar-refractivity contribution in [2.45, 2.75) is 102 Å². The lowest BCUT2D eigenvalue weighted by Gasteiger charge is -2.60. The van der Waals surface area contributed by atoms with Crippen LogP contribution < -0.4 is 9.47 Å². The quantitative estimate of drug-likeness (QED) is 0.0381. The smallest absolute Gasteiger partial charge is 0.410 e. The van der Waals surface area contributed by atoms with Gasteiger partial charge in [-0.15, -0.1) is 6.58 Å². The predicted octanol–water partition coefficient (Wildman–Crippen LogP) is 10.3. The first-order valence-corrected chi connectivity index (χ1v) is 23.4. The van der Waals surface area contributed by atoms with Crippen LogP contribution in [0, 0.1) is 17.8 Å². The Morgan fingerprint density at radius 3 is 2.54 bits per heavy atom. The molecule has 0 radical (unpaired) electrons. The molecular formula is C53H62N2O10. The maximum atomic E-state index is 14.8.